The number of aliphatic hydroxyl groups is 1. The zero-order valence-corrected chi connectivity index (χ0v) is 10.1. The zero-order valence-electron chi connectivity index (χ0n) is 10.1. The quantitative estimate of drug-likeness (QED) is 0.720. The number of aliphatic hydroxyl groups excluding tert-OH is 1. The van der Waals surface area contributed by atoms with E-state index >= 15 is 0 Å². The summed E-state index contributed by atoms with van der Waals surface area (Å²) in [6.45, 7) is 9.08. The number of morpholine rings is 1. The molecule has 0 radical (unpaired) electrons. The Morgan fingerprint density at radius 2 is 1.94 bits per heavy atom. The minimum absolute atomic E-state index is 0.324. The van der Waals surface area contributed by atoms with Gasteiger partial charge in [0.05, 0.1) is 13.2 Å². The predicted octanol–water partition coefficient (Wildman–Crippen LogP) is 0.0229. The predicted molar refractivity (Wildman–Crippen MR) is 63.5 cm³/mol. The van der Waals surface area contributed by atoms with E-state index in [2.05, 4.69) is 9.80 Å². The van der Waals surface area contributed by atoms with Gasteiger partial charge in [0.2, 0.25) is 0 Å². The second-order valence-electron chi connectivity index (χ2n) is 4.95. The molecule has 94 valence electrons. The highest BCUT2D eigenvalue weighted by Crippen LogP contribution is 2.18. The van der Waals surface area contributed by atoms with Crippen molar-refractivity contribution in [3.05, 3.63) is 0 Å². The van der Waals surface area contributed by atoms with Crippen molar-refractivity contribution in [1.29, 1.82) is 0 Å². The lowest BCUT2D eigenvalue weighted by Gasteiger charge is -2.29. The van der Waals surface area contributed by atoms with E-state index in [-0.39, 0.29) is 0 Å². The number of rotatable bonds is 5. The van der Waals surface area contributed by atoms with Crippen LogP contribution in [0.2, 0.25) is 0 Å². The van der Waals surface area contributed by atoms with Crippen molar-refractivity contribution in [2.75, 3.05) is 59.1 Å². The molecule has 0 aromatic heterocycles. The second-order valence-corrected chi connectivity index (χ2v) is 4.95. The minimum atomic E-state index is 0.324. The summed E-state index contributed by atoms with van der Waals surface area (Å²) in [7, 11) is 0. The van der Waals surface area contributed by atoms with Crippen LogP contribution in [0.4, 0.5) is 0 Å². The van der Waals surface area contributed by atoms with Crippen LogP contribution in [0.15, 0.2) is 0 Å². The first-order valence-electron chi connectivity index (χ1n) is 6.52. The molecule has 0 spiro atoms. The summed E-state index contributed by atoms with van der Waals surface area (Å²) in [5.74, 6) is 0.830. The van der Waals surface area contributed by atoms with Gasteiger partial charge in [-0.05, 0) is 25.3 Å². The molecular formula is C12H24N2O2. The van der Waals surface area contributed by atoms with Gasteiger partial charge in [-0.15, -0.1) is 0 Å². The van der Waals surface area contributed by atoms with Crippen molar-refractivity contribution in [3.8, 4) is 0 Å². The standard InChI is InChI=1S/C12H24N2O2/c15-7-1-3-13-4-2-12(10-13)11-14-5-8-16-9-6-14/h12,15H,1-11H2. The average Bonchev–Trinajstić information content (AvgIpc) is 2.75. The monoisotopic (exact) mass is 228 g/mol. The second kappa shape index (κ2) is 6.55. The van der Waals surface area contributed by atoms with E-state index < -0.39 is 0 Å². The van der Waals surface area contributed by atoms with E-state index in [0.717, 1.165) is 45.2 Å². The zero-order chi connectivity index (χ0) is 11.2. The molecule has 2 heterocycles. The topological polar surface area (TPSA) is 35.9 Å². The lowest BCUT2D eigenvalue weighted by atomic mass is 10.1. The normalized spacial score (nSPS) is 28.7. The first-order chi connectivity index (χ1) is 7.88. The SMILES string of the molecule is OCCCN1CCC(CN2CCOCC2)C1. The number of likely N-dealkylation sites (tertiary alicyclic amines) is 1. The summed E-state index contributed by atoms with van der Waals surface area (Å²) in [6, 6.07) is 0. The average molecular weight is 228 g/mol. The van der Waals surface area contributed by atoms with E-state index in [4.69, 9.17) is 9.84 Å². The molecule has 1 N–H and O–H groups in total. The van der Waals surface area contributed by atoms with Crippen LogP contribution < -0.4 is 0 Å². The molecular weight excluding hydrogens is 204 g/mol. The Morgan fingerprint density at radius 3 is 2.69 bits per heavy atom. The highest BCUT2D eigenvalue weighted by atomic mass is 16.5. The van der Waals surface area contributed by atoms with Crippen LogP contribution in [0.1, 0.15) is 12.8 Å². The molecule has 0 bridgehead atoms. The maximum atomic E-state index is 8.80. The highest BCUT2D eigenvalue weighted by Gasteiger charge is 2.24. The molecule has 0 amide bonds. The molecule has 0 saturated carbocycles. The number of hydrogen-bond acceptors (Lipinski definition) is 4. The molecule has 16 heavy (non-hydrogen) atoms. The summed E-state index contributed by atoms with van der Waals surface area (Å²) in [5, 5.41) is 8.80. The maximum Gasteiger partial charge on any atom is 0.0594 e. The largest absolute Gasteiger partial charge is 0.396 e. The Kier molecular flexibility index (Phi) is 5.03. The summed E-state index contributed by atoms with van der Waals surface area (Å²) in [6.07, 6.45) is 2.24. The Bertz CT molecular complexity index is 195. The lowest BCUT2D eigenvalue weighted by molar-refractivity contribution is 0.0312. The van der Waals surface area contributed by atoms with Crippen molar-refractivity contribution in [2.45, 2.75) is 12.8 Å². The molecule has 0 aliphatic carbocycles. The highest BCUT2D eigenvalue weighted by molar-refractivity contribution is 4.78. The van der Waals surface area contributed by atoms with E-state index in [1.165, 1.54) is 26.1 Å². The smallest absolute Gasteiger partial charge is 0.0594 e. The molecule has 4 nitrogen and oxygen atoms in total. The summed E-state index contributed by atoms with van der Waals surface area (Å²) in [4.78, 5) is 5.02. The van der Waals surface area contributed by atoms with Gasteiger partial charge < -0.3 is 14.7 Å². The molecule has 2 aliphatic heterocycles. The van der Waals surface area contributed by atoms with Gasteiger partial charge in [0, 0.05) is 39.3 Å². The molecule has 1 atom stereocenters. The summed E-state index contributed by atoms with van der Waals surface area (Å²) >= 11 is 0. The van der Waals surface area contributed by atoms with Crippen molar-refractivity contribution < 1.29 is 9.84 Å². The van der Waals surface area contributed by atoms with Crippen LogP contribution in [0.3, 0.4) is 0 Å². The van der Waals surface area contributed by atoms with Crippen LogP contribution in [-0.4, -0.2) is 74.0 Å². The van der Waals surface area contributed by atoms with Gasteiger partial charge in [-0.3, -0.25) is 4.90 Å². The Balaban J connectivity index is 1.63. The van der Waals surface area contributed by atoms with E-state index in [1.807, 2.05) is 0 Å². The maximum absolute atomic E-state index is 8.80. The van der Waals surface area contributed by atoms with Crippen molar-refractivity contribution in [3.63, 3.8) is 0 Å². The fourth-order valence-electron chi connectivity index (χ4n) is 2.71. The van der Waals surface area contributed by atoms with Gasteiger partial charge in [0.15, 0.2) is 0 Å². The molecule has 2 rings (SSSR count). The van der Waals surface area contributed by atoms with Gasteiger partial charge in [0.1, 0.15) is 0 Å². The summed E-state index contributed by atoms with van der Waals surface area (Å²) in [5.41, 5.74) is 0. The first kappa shape index (κ1) is 12.3. The van der Waals surface area contributed by atoms with Crippen LogP contribution >= 0.6 is 0 Å². The van der Waals surface area contributed by atoms with Crippen molar-refractivity contribution >= 4 is 0 Å². The van der Waals surface area contributed by atoms with Gasteiger partial charge in [-0.2, -0.15) is 0 Å². The van der Waals surface area contributed by atoms with Gasteiger partial charge >= 0.3 is 0 Å². The van der Waals surface area contributed by atoms with Crippen molar-refractivity contribution in [1.82, 2.24) is 9.80 Å². The fourth-order valence-corrected chi connectivity index (χ4v) is 2.71. The lowest BCUT2D eigenvalue weighted by Crippen LogP contribution is -2.39. The fraction of sp³-hybridized carbons (Fsp3) is 1.00. The van der Waals surface area contributed by atoms with Gasteiger partial charge in [-0.25, -0.2) is 0 Å². The van der Waals surface area contributed by atoms with Crippen molar-refractivity contribution in [2.24, 2.45) is 5.92 Å². The third kappa shape index (κ3) is 3.70. The van der Waals surface area contributed by atoms with E-state index in [1.54, 1.807) is 0 Å². The molecule has 0 aromatic carbocycles. The molecule has 0 aromatic rings. The Morgan fingerprint density at radius 1 is 1.12 bits per heavy atom. The molecule has 1 unspecified atom stereocenters. The first-order valence-corrected chi connectivity index (χ1v) is 6.52. The van der Waals surface area contributed by atoms with E-state index in [9.17, 15) is 0 Å². The van der Waals surface area contributed by atoms with Crippen LogP contribution in [-0.2, 0) is 4.74 Å². The van der Waals surface area contributed by atoms with Crippen LogP contribution in [0, 0.1) is 5.92 Å². The third-order valence-corrected chi connectivity index (χ3v) is 3.62. The third-order valence-electron chi connectivity index (χ3n) is 3.62. The van der Waals surface area contributed by atoms with E-state index in [0.29, 0.717) is 6.61 Å². The number of ether oxygens (including phenoxy) is 1. The molecule has 2 saturated heterocycles. The number of nitrogens with zero attached hydrogens (tertiary/aromatic N) is 2. The summed E-state index contributed by atoms with van der Waals surface area (Å²) < 4.78 is 5.36. The Hall–Kier alpha value is -0.160. The minimum Gasteiger partial charge on any atom is -0.396 e. The van der Waals surface area contributed by atoms with Gasteiger partial charge in [-0.1, -0.05) is 0 Å². The molecule has 2 fully saturated rings. The van der Waals surface area contributed by atoms with Gasteiger partial charge in [0.25, 0.3) is 0 Å². The van der Waals surface area contributed by atoms with Crippen LogP contribution in [0.25, 0.3) is 0 Å². The number of hydrogen-bond donors (Lipinski definition) is 1. The Labute approximate surface area is 98.2 Å². The molecule has 4 heteroatoms. The molecule has 2 aliphatic rings. The van der Waals surface area contributed by atoms with Crippen LogP contribution in [0.5, 0.6) is 0 Å².